The summed E-state index contributed by atoms with van der Waals surface area (Å²) in [6, 6.07) is 7.99. The van der Waals surface area contributed by atoms with Crippen molar-refractivity contribution in [3.63, 3.8) is 0 Å². The number of fused-ring (bicyclic) bond motifs is 1. The summed E-state index contributed by atoms with van der Waals surface area (Å²) in [6.07, 6.45) is 14.2. The van der Waals surface area contributed by atoms with Crippen molar-refractivity contribution in [1.82, 2.24) is 19.5 Å². The molecule has 154 valence electrons. The maximum atomic E-state index is 11.3. The van der Waals surface area contributed by atoms with Crippen LogP contribution < -0.4 is 5.32 Å². The molecular formula is C23H25N5O2. The summed E-state index contributed by atoms with van der Waals surface area (Å²) in [5, 5.41) is 12.6. The van der Waals surface area contributed by atoms with E-state index in [2.05, 4.69) is 33.5 Å². The van der Waals surface area contributed by atoms with Crippen molar-refractivity contribution in [2.75, 3.05) is 11.9 Å². The summed E-state index contributed by atoms with van der Waals surface area (Å²) in [7, 11) is 0. The third kappa shape index (κ3) is 5.11. The molecule has 0 saturated heterocycles. The van der Waals surface area contributed by atoms with Gasteiger partial charge < -0.3 is 15.0 Å². The maximum Gasteiger partial charge on any atom is 0.304 e. The first-order valence-corrected chi connectivity index (χ1v) is 10.2. The molecule has 0 aliphatic carbocycles. The molecule has 1 atom stereocenters. The van der Waals surface area contributed by atoms with E-state index in [1.54, 1.807) is 18.7 Å². The van der Waals surface area contributed by atoms with Crippen molar-refractivity contribution >= 4 is 17.9 Å². The SMILES string of the molecule is O=C(O)CC(Cn1cnc(/C=C/Cc2ccc3c(n2)NCCC3)c1)c1cccnc1. The Balaban J connectivity index is 1.39. The Kier molecular flexibility index (Phi) is 6.17. The molecule has 0 amide bonds. The van der Waals surface area contributed by atoms with Crippen LogP contribution in [0.15, 0.2) is 55.3 Å². The van der Waals surface area contributed by atoms with Gasteiger partial charge in [-0.15, -0.1) is 0 Å². The molecule has 1 unspecified atom stereocenters. The number of carboxylic acids is 1. The van der Waals surface area contributed by atoms with Crippen molar-refractivity contribution in [2.45, 2.75) is 38.1 Å². The molecule has 0 bridgehead atoms. The molecule has 2 N–H and O–H groups in total. The lowest BCUT2D eigenvalue weighted by Crippen LogP contribution is -2.13. The second kappa shape index (κ2) is 9.35. The van der Waals surface area contributed by atoms with Gasteiger partial charge in [0.05, 0.1) is 18.4 Å². The summed E-state index contributed by atoms with van der Waals surface area (Å²) < 4.78 is 1.93. The van der Waals surface area contributed by atoms with Gasteiger partial charge in [0.15, 0.2) is 0 Å². The molecule has 4 heterocycles. The average Bonchev–Trinajstić information content (AvgIpc) is 3.21. The van der Waals surface area contributed by atoms with E-state index in [1.807, 2.05) is 29.0 Å². The van der Waals surface area contributed by atoms with Gasteiger partial charge >= 0.3 is 5.97 Å². The number of carboxylic acid groups (broad SMARTS) is 1. The first-order valence-electron chi connectivity index (χ1n) is 10.2. The summed E-state index contributed by atoms with van der Waals surface area (Å²) in [6.45, 7) is 1.52. The molecule has 1 aliphatic heterocycles. The number of carbonyl (C=O) groups is 1. The number of allylic oxidation sites excluding steroid dienone is 1. The lowest BCUT2D eigenvalue weighted by Gasteiger charge is -2.17. The quantitative estimate of drug-likeness (QED) is 0.598. The van der Waals surface area contributed by atoms with Crippen LogP contribution in [0.3, 0.4) is 0 Å². The molecule has 7 nitrogen and oxygen atoms in total. The standard InChI is InChI=1S/C23H25N5O2/c29-22(30)12-19(18-5-2-10-24-13-18)14-28-15-21(26-16-28)7-1-6-20-9-8-17-4-3-11-25-23(17)27-20/h1-2,5,7-10,13,15-16,19H,3-4,6,11-12,14H2,(H,25,27)(H,29,30)/b7-1+. The smallest absolute Gasteiger partial charge is 0.304 e. The summed E-state index contributed by atoms with van der Waals surface area (Å²) >= 11 is 0. The fourth-order valence-corrected chi connectivity index (χ4v) is 3.72. The van der Waals surface area contributed by atoms with E-state index in [-0.39, 0.29) is 12.3 Å². The Morgan fingerprint density at radius 2 is 2.27 bits per heavy atom. The van der Waals surface area contributed by atoms with Crippen molar-refractivity contribution in [3.8, 4) is 0 Å². The van der Waals surface area contributed by atoms with Crippen LogP contribution in [-0.2, 0) is 24.2 Å². The summed E-state index contributed by atoms with van der Waals surface area (Å²) in [5.74, 6) is 0.0295. The van der Waals surface area contributed by atoms with Crippen LogP contribution in [0.2, 0.25) is 0 Å². The molecule has 0 saturated carbocycles. The largest absolute Gasteiger partial charge is 0.481 e. The number of imidazole rings is 1. The monoisotopic (exact) mass is 403 g/mol. The molecule has 0 fully saturated rings. The van der Waals surface area contributed by atoms with E-state index in [4.69, 9.17) is 4.98 Å². The predicted molar refractivity (Wildman–Crippen MR) is 115 cm³/mol. The highest BCUT2D eigenvalue weighted by atomic mass is 16.4. The number of aryl methyl sites for hydroxylation is 1. The fraction of sp³-hybridized carbons (Fsp3) is 0.304. The van der Waals surface area contributed by atoms with Crippen molar-refractivity contribution in [1.29, 1.82) is 0 Å². The number of rotatable bonds is 8. The highest BCUT2D eigenvalue weighted by molar-refractivity contribution is 5.68. The molecule has 0 spiro atoms. The number of hydrogen-bond acceptors (Lipinski definition) is 5. The minimum atomic E-state index is -0.823. The minimum Gasteiger partial charge on any atom is -0.481 e. The summed E-state index contributed by atoms with van der Waals surface area (Å²) in [4.78, 5) is 24.5. The van der Waals surface area contributed by atoms with Crippen molar-refractivity contribution < 1.29 is 9.90 Å². The zero-order valence-electron chi connectivity index (χ0n) is 16.7. The van der Waals surface area contributed by atoms with Crippen LogP contribution in [0.25, 0.3) is 6.08 Å². The van der Waals surface area contributed by atoms with E-state index >= 15 is 0 Å². The van der Waals surface area contributed by atoms with Gasteiger partial charge in [-0.3, -0.25) is 9.78 Å². The first-order chi connectivity index (χ1) is 14.7. The van der Waals surface area contributed by atoms with E-state index in [1.165, 1.54) is 5.56 Å². The Morgan fingerprint density at radius 3 is 3.10 bits per heavy atom. The molecular weight excluding hydrogens is 378 g/mol. The van der Waals surface area contributed by atoms with Gasteiger partial charge in [-0.05, 0) is 42.2 Å². The van der Waals surface area contributed by atoms with Crippen molar-refractivity contribution in [3.05, 3.63) is 77.8 Å². The molecule has 7 heteroatoms. The van der Waals surface area contributed by atoms with Gasteiger partial charge in [-0.1, -0.05) is 18.2 Å². The maximum absolute atomic E-state index is 11.3. The zero-order chi connectivity index (χ0) is 20.8. The molecule has 0 aromatic carbocycles. The van der Waals surface area contributed by atoms with Crippen LogP contribution in [0.1, 0.15) is 41.3 Å². The van der Waals surface area contributed by atoms with Crippen LogP contribution in [0.5, 0.6) is 0 Å². The third-order valence-corrected chi connectivity index (χ3v) is 5.23. The van der Waals surface area contributed by atoms with Crippen LogP contribution in [-0.4, -0.2) is 37.1 Å². The number of hydrogen-bond donors (Lipinski definition) is 2. The molecule has 30 heavy (non-hydrogen) atoms. The van der Waals surface area contributed by atoms with Crippen LogP contribution >= 0.6 is 0 Å². The number of aromatic nitrogens is 4. The topological polar surface area (TPSA) is 92.9 Å². The fourth-order valence-electron chi connectivity index (χ4n) is 3.72. The highest BCUT2D eigenvalue weighted by Gasteiger charge is 2.16. The van der Waals surface area contributed by atoms with Gasteiger partial charge in [0.1, 0.15) is 5.82 Å². The molecule has 3 aromatic heterocycles. The van der Waals surface area contributed by atoms with E-state index in [0.29, 0.717) is 6.54 Å². The van der Waals surface area contributed by atoms with E-state index < -0.39 is 5.97 Å². The Hall–Kier alpha value is -3.48. The second-order valence-electron chi connectivity index (χ2n) is 7.52. The molecule has 1 aliphatic rings. The molecule has 3 aromatic rings. The number of anilines is 1. The van der Waals surface area contributed by atoms with E-state index in [0.717, 1.165) is 48.6 Å². The lowest BCUT2D eigenvalue weighted by atomic mass is 9.97. The Bertz CT molecular complexity index is 1030. The normalized spacial score (nSPS) is 14.3. The number of pyridine rings is 2. The number of nitrogens with zero attached hydrogens (tertiary/aromatic N) is 4. The average molecular weight is 403 g/mol. The highest BCUT2D eigenvalue weighted by Crippen LogP contribution is 2.22. The van der Waals surface area contributed by atoms with Gasteiger partial charge in [0.2, 0.25) is 0 Å². The van der Waals surface area contributed by atoms with E-state index in [9.17, 15) is 9.90 Å². The molecule has 4 rings (SSSR count). The second-order valence-corrected chi connectivity index (χ2v) is 7.52. The Morgan fingerprint density at radius 1 is 1.33 bits per heavy atom. The van der Waals surface area contributed by atoms with Gasteiger partial charge in [0.25, 0.3) is 0 Å². The minimum absolute atomic E-state index is 0.0487. The third-order valence-electron chi connectivity index (χ3n) is 5.23. The van der Waals surface area contributed by atoms with Gasteiger partial charge in [-0.25, -0.2) is 9.97 Å². The van der Waals surface area contributed by atoms with Crippen molar-refractivity contribution in [2.24, 2.45) is 0 Å². The van der Waals surface area contributed by atoms with Crippen LogP contribution in [0, 0.1) is 0 Å². The molecule has 0 radical (unpaired) electrons. The summed E-state index contributed by atoms with van der Waals surface area (Å²) in [5.41, 5.74) is 4.07. The van der Waals surface area contributed by atoms with Crippen LogP contribution in [0.4, 0.5) is 5.82 Å². The Labute approximate surface area is 175 Å². The number of nitrogens with one attached hydrogen (secondary N) is 1. The zero-order valence-corrected chi connectivity index (χ0v) is 16.7. The van der Waals surface area contributed by atoms with Gasteiger partial charge in [0, 0.05) is 49.7 Å². The number of aliphatic carboxylic acids is 1. The lowest BCUT2D eigenvalue weighted by molar-refractivity contribution is -0.137. The predicted octanol–water partition coefficient (Wildman–Crippen LogP) is 3.55. The first kappa shape index (κ1) is 19.8. The van der Waals surface area contributed by atoms with Gasteiger partial charge in [-0.2, -0.15) is 0 Å².